The van der Waals surface area contributed by atoms with Crippen molar-refractivity contribution in [3.8, 4) is 10.4 Å². The van der Waals surface area contributed by atoms with E-state index in [0.29, 0.717) is 21.8 Å². The molecule has 0 aliphatic rings. The average molecular weight is 556 g/mol. The lowest BCUT2D eigenvalue weighted by molar-refractivity contribution is -0.124. The van der Waals surface area contributed by atoms with Crippen LogP contribution in [0, 0.1) is 5.41 Å². The topological polar surface area (TPSA) is 114 Å². The molecule has 3 aromatic rings. The smallest absolute Gasteiger partial charge is 0.412 e. The third kappa shape index (κ3) is 7.75. The van der Waals surface area contributed by atoms with E-state index in [1.165, 1.54) is 30.5 Å². The van der Waals surface area contributed by atoms with Gasteiger partial charge in [0.05, 0.1) is 21.1 Å². The van der Waals surface area contributed by atoms with Gasteiger partial charge in [0, 0.05) is 27.0 Å². The fraction of sp³-hybridized carbons (Fsp3) is 0.321. The largest absolute Gasteiger partial charge is 0.444 e. The number of rotatable bonds is 5. The zero-order chi connectivity index (χ0) is 28.3. The van der Waals surface area contributed by atoms with Crippen LogP contribution in [0.15, 0.2) is 69.2 Å². The second kappa shape index (κ2) is 11.1. The lowest BCUT2D eigenvalue weighted by Crippen LogP contribution is -2.27. The van der Waals surface area contributed by atoms with E-state index in [1.807, 2.05) is 23.6 Å². The lowest BCUT2D eigenvalue weighted by Gasteiger charge is -2.21. The second-order valence-corrected chi connectivity index (χ2v) is 14.0. The molecule has 8 nitrogen and oxygen atoms in total. The fourth-order valence-corrected chi connectivity index (χ4v) is 5.23. The number of ether oxygens (including phenoxy) is 1. The Hall–Kier alpha value is -3.50. The summed E-state index contributed by atoms with van der Waals surface area (Å²) in [6.07, 6.45) is 0.753. The van der Waals surface area contributed by atoms with Crippen LogP contribution in [0.5, 0.6) is 0 Å². The minimum atomic E-state index is -2.98. The molecule has 0 bridgehead atoms. The van der Waals surface area contributed by atoms with Crippen LogP contribution in [0.4, 0.5) is 16.2 Å². The van der Waals surface area contributed by atoms with Crippen LogP contribution in [0.2, 0.25) is 0 Å². The molecular weight excluding hydrogens is 522 g/mol. The summed E-state index contributed by atoms with van der Waals surface area (Å²) in [6, 6.07) is 15.3. The van der Waals surface area contributed by atoms with E-state index >= 15 is 0 Å². The molecule has 0 aliphatic heterocycles. The first-order valence-electron chi connectivity index (χ1n) is 11.9. The highest BCUT2D eigenvalue weighted by Crippen LogP contribution is 2.32. The van der Waals surface area contributed by atoms with Crippen LogP contribution in [0.3, 0.4) is 0 Å². The molecule has 0 saturated heterocycles. The second-order valence-electron chi connectivity index (χ2n) is 10.8. The van der Waals surface area contributed by atoms with E-state index in [0.717, 1.165) is 10.4 Å². The molecule has 3 amide bonds. The van der Waals surface area contributed by atoms with Gasteiger partial charge in [-0.15, -0.1) is 11.3 Å². The normalized spacial score (nSPS) is 13.2. The maximum atomic E-state index is 13.1. The summed E-state index contributed by atoms with van der Waals surface area (Å²) in [5, 5.41) is 7.51. The molecule has 2 N–H and O–H groups in total. The maximum Gasteiger partial charge on any atom is 0.412 e. The molecule has 0 aliphatic carbocycles. The quantitative estimate of drug-likeness (QED) is 0.350. The Bertz CT molecular complexity index is 1460. The number of anilines is 2. The molecule has 1 unspecified atom stereocenters. The van der Waals surface area contributed by atoms with Crippen molar-refractivity contribution in [2.75, 3.05) is 16.9 Å². The molecule has 0 saturated carbocycles. The van der Waals surface area contributed by atoms with Crippen molar-refractivity contribution in [3.63, 3.8) is 0 Å². The molecule has 202 valence electrons. The Balaban J connectivity index is 1.88. The number of carbonyl (C=O) groups excluding carboxylic acids is 3. The molecule has 10 heteroatoms. The molecule has 1 heterocycles. The van der Waals surface area contributed by atoms with Crippen LogP contribution < -0.4 is 10.6 Å². The van der Waals surface area contributed by atoms with Crippen molar-refractivity contribution in [3.05, 3.63) is 65.5 Å². The molecule has 1 atom stereocenters. The summed E-state index contributed by atoms with van der Waals surface area (Å²) >= 11 is 1.55. The number of hydrogen-bond donors (Lipinski definition) is 2. The number of amides is 3. The molecule has 0 radical (unpaired) electrons. The van der Waals surface area contributed by atoms with E-state index in [9.17, 15) is 18.6 Å². The van der Waals surface area contributed by atoms with Crippen LogP contribution in [0.25, 0.3) is 10.4 Å². The predicted octanol–water partition coefficient (Wildman–Crippen LogP) is 7.04. The van der Waals surface area contributed by atoms with Gasteiger partial charge in [0.25, 0.3) is 11.8 Å². The number of hydrogen-bond acceptors (Lipinski definition) is 6. The van der Waals surface area contributed by atoms with Crippen molar-refractivity contribution < 1.29 is 23.3 Å². The average Bonchev–Trinajstić information content (AvgIpc) is 3.33. The number of nitrogens with zero attached hydrogens (tertiary/aromatic N) is 1. The van der Waals surface area contributed by atoms with Gasteiger partial charge in [-0.2, -0.15) is 4.36 Å². The SMILES string of the molecule is CC(C)(C)OC(=O)Nc1ccc(-c2cccs2)cc1NC(=O)c1ccc(S(C)(=O)=NC(=O)C(C)(C)C)cc1. The summed E-state index contributed by atoms with van der Waals surface area (Å²) in [5.41, 5.74) is 0.503. The number of benzene rings is 2. The highest BCUT2D eigenvalue weighted by atomic mass is 32.2. The number of carbonyl (C=O) groups is 3. The van der Waals surface area contributed by atoms with Gasteiger partial charge < -0.3 is 10.1 Å². The zero-order valence-corrected chi connectivity index (χ0v) is 24.2. The van der Waals surface area contributed by atoms with Gasteiger partial charge in [0.15, 0.2) is 0 Å². The summed E-state index contributed by atoms with van der Waals surface area (Å²) in [6.45, 7) is 10.4. The lowest BCUT2D eigenvalue weighted by atomic mass is 9.96. The van der Waals surface area contributed by atoms with E-state index in [-0.39, 0.29) is 0 Å². The third-order valence-electron chi connectivity index (χ3n) is 5.16. The zero-order valence-electron chi connectivity index (χ0n) is 22.6. The molecule has 38 heavy (non-hydrogen) atoms. The third-order valence-corrected chi connectivity index (χ3v) is 7.74. The Morgan fingerprint density at radius 3 is 2.11 bits per heavy atom. The van der Waals surface area contributed by atoms with Crippen molar-refractivity contribution in [1.82, 2.24) is 0 Å². The van der Waals surface area contributed by atoms with Crippen molar-refractivity contribution in [2.24, 2.45) is 9.78 Å². The van der Waals surface area contributed by atoms with Crippen molar-refractivity contribution >= 4 is 50.3 Å². The van der Waals surface area contributed by atoms with Crippen LogP contribution in [-0.4, -0.2) is 34.0 Å². The van der Waals surface area contributed by atoms with Gasteiger partial charge in [-0.05, 0) is 74.2 Å². The molecular formula is C28H33N3O5S2. The Morgan fingerprint density at radius 1 is 0.895 bits per heavy atom. The predicted molar refractivity (Wildman–Crippen MR) is 153 cm³/mol. The molecule has 0 spiro atoms. The van der Waals surface area contributed by atoms with E-state index in [4.69, 9.17) is 4.74 Å². The molecule has 2 aromatic carbocycles. The van der Waals surface area contributed by atoms with Gasteiger partial charge >= 0.3 is 6.09 Å². The Kier molecular flexibility index (Phi) is 8.48. The Labute approximate surface area is 228 Å². The van der Waals surface area contributed by atoms with E-state index in [1.54, 1.807) is 65.0 Å². The highest BCUT2D eigenvalue weighted by Gasteiger charge is 2.23. The van der Waals surface area contributed by atoms with Gasteiger partial charge in [0.2, 0.25) is 0 Å². The first kappa shape index (κ1) is 29.1. The number of nitrogens with one attached hydrogen (secondary N) is 2. The van der Waals surface area contributed by atoms with E-state index in [2.05, 4.69) is 15.0 Å². The standard InChI is InChI=1S/C28H33N3O5S2/c1-27(2,3)25(33)31-38(7,35)20-13-10-18(11-14-20)24(32)29-22-17-19(23-9-8-16-37-23)12-15-21(22)30-26(34)36-28(4,5)6/h8-17H,1-7H3,(H,29,32)(H,30,34). The minimum absolute atomic E-state index is 0.302. The van der Waals surface area contributed by atoms with Gasteiger partial charge in [0.1, 0.15) is 5.60 Å². The number of thiophene rings is 1. The van der Waals surface area contributed by atoms with Gasteiger partial charge in [-0.25, -0.2) is 9.00 Å². The summed E-state index contributed by atoms with van der Waals surface area (Å²) in [4.78, 5) is 39.2. The maximum absolute atomic E-state index is 13.1. The first-order valence-corrected chi connectivity index (χ1v) is 14.7. The summed E-state index contributed by atoms with van der Waals surface area (Å²) in [5.74, 6) is -0.889. The van der Waals surface area contributed by atoms with Gasteiger partial charge in [-0.3, -0.25) is 14.9 Å². The van der Waals surface area contributed by atoms with E-state index < -0.39 is 38.7 Å². The Morgan fingerprint density at radius 2 is 1.55 bits per heavy atom. The summed E-state index contributed by atoms with van der Waals surface area (Å²) in [7, 11) is -2.98. The fourth-order valence-electron chi connectivity index (χ4n) is 3.17. The van der Waals surface area contributed by atoms with Crippen LogP contribution >= 0.6 is 11.3 Å². The minimum Gasteiger partial charge on any atom is -0.444 e. The van der Waals surface area contributed by atoms with Crippen LogP contribution in [0.1, 0.15) is 51.9 Å². The van der Waals surface area contributed by atoms with Crippen molar-refractivity contribution in [1.29, 1.82) is 0 Å². The van der Waals surface area contributed by atoms with Crippen molar-refractivity contribution in [2.45, 2.75) is 52.0 Å². The van der Waals surface area contributed by atoms with Gasteiger partial charge in [-0.1, -0.05) is 32.9 Å². The van der Waals surface area contributed by atoms with Crippen LogP contribution in [-0.2, 0) is 19.3 Å². The highest BCUT2D eigenvalue weighted by molar-refractivity contribution is 7.93. The monoisotopic (exact) mass is 555 g/mol. The molecule has 3 rings (SSSR count). The molecule has 1 aromatic heterocycles. The summed E-state index contributed by atoms with van der Waals surface area (Å²) < 4.78 is 22.4. The first-order chi connectivity index (χ1) is 17.5. The molecule has 0 fully saturated rings.